The molecule has 0 saturated carbocycles. The van der Waals surface area contributed by atoms with E-state index in [1.165, 1.54) is 0 Å². The summed E-state index contributed by atoms with van der Waals surface area (Å²) in [5.41, 5.74) is 0. The van der Waals surface area contributed by atoms with Gasteiger partial charge in [0.15, 0.2) is 0 Å². The van der Waals surface area contributed by atoms with Crippen LogP contribution >= 0.6 is 0 Å². The largest absolute Gasteiger partial charge is 0.385 e. The number of nitrogens with one attached hydrogen (secondary N) is 2. The third-order valence-electron chi connectivity index (χ3n) is 3.75. The Kier molecular flexibility index (Phi) is 9.42. The average Bonchev–Trinajstić information content (AvgIpc) is 2.48. The van der Waals surface area contributed by atoms with Crippen LogP contribution in [0.1, 0.15) is 45.4 Å². The van der Waals surface area contributed by atoms with Gasteiger partial charge in [-0.25, -0.2) is 4.72 Å². The number of piperidine rings is 1. The molecule has 1 unspecified atom stereocenters. The molecular weight excluding hydrogens is 290 g/mol. The molecule has 0 aliphatic carbocycles. The average molecular weight is 321 g/mol. The van der Waals surface area contributed by atoms with Crippen LogP contribution < -0.4 is 10.0 Å². The standard InChI is InChI=1S/C14H31N3O3S/c1-3-9-15-13-14-8-4-6-11-17(14)21(18,19)16-10-5-7-12-20-2/h14-16H,3-13H2,1-2H3. The van der Waals surface area contributed by atoms with Crippen molar-refractivity contribution in [2.24, 2.45) is 0 Å². The fraction of sp³-hybridized carbons (Fsp3) is 1.00. The lowest BCUT2D eigenvalue weighted by molar-refractivity contribution is 0.193. The van der Waals surface area contributed by atoms with E-state index in [2.05, 4.69) is 17.0 Å². The van der Waals surface area contributed by atoms with Gasteiger partial charge >= 0.3 is 0 Å². The van der Waals surface area contributed by atoms with Crippen molar-refractivity contribution in [3.63, 3.8) is 0 Å². The molecule has 0 aromatic rings. The topological polar surface area (TPSA) is 70.7 Å². The van der Waals surface area contributed by atoms with Gasteiger partial charge in [-0.2, -0.15) is 12.7 Å². The Bertz CT molecular complexity index is 362. The smallest absolute Gasteiger partial charge is 0.279 e. The van der Waals surface area contributed by atoms with Crippen molar-refractivity contribution in [2.75, 3.05) is 39.9 Å². The Morgan fingerprint density at radius 1 is 1.24 bits per heavy atom. The highest BCUT2D eigenvalue weighted by Gasteiger charge is 2.31. The van der Waals surface area contributed by atoms with Gasteiger partial charge in [-0.15, -0.1) is 0 Å². The minimum Gasteiger partial charge on any atom is -0.385 e. The first-order valence-corrected chi connectivity index (χ1v) is 9.52. The third kappa shape index (κ3) is 7.06. The van der Waals surface area contributed by atoms with Crippen molar-refractivity contribution >= 4 is 10.2 Å². The molecule has 0 aromatic carbocycles. The summed E-state index contributed by atoms with van der Waals surface area (Å²) in [6.07, 6.45) is 5.76. The van der Waals surface area contributed by atoms with E-state index in [4.69, 9.17) is 4.74 Å². The highest BCUT2D eigenvalue weighted by Crippen LogP contribution is 2.19. The van der Waals surface area contributed by atoms with Crippen LogP contribution in [0.3, 0.4) is 0 Å². The highest BCUT2D eigenvalue weighted by molar-refractivity contribution is 7.87. The van der Waals surface area contributed by atoms with Crippen molar-refractivity contribution < 1.29 is 13.2 Å². The van der Waals surface area contributed by atoms with E-state index in [-0.39, 0.29) is 6.04 Å². The van der Waals surface area contributed by atoms with Crippen LogP contribution in [0.25, 0.3) is 0 Å². The molecular formula is C14H31N3O3S. The summed E-state index contributed by atoms with van der Waals surface area (Å²) in [5, 5.41) is 3.34. The normalized spacial score (nSPS) is 20.8. The molecule has 1 aliphatic rings. The van der Waals surface area contributed by atoms with E-state index in [0.29, 0.717) is 19.7 Å². The molecule has 2 N–H and O–H groups in total. The fourth-order valence-corrected chi connectivity index (χ4v) is 4.11. The van der Waals surface area contributed by atoms with Gasteiger partial charge < -0.3 is 10.1 Å². The molecule has 0 aromatic heterocycles. The summed E-state index contributed by atoms with van der Waals surface area (Å²) >= 11 is 0. The molecule has 7 heteroatoms. The van der Waals surface area contributed by atoms with Gasteiger partial charge in [0, 0.05) is 39.4 Å². The zero-order chi connectivity index (χ0) is 15.6. The lowest BCUT2D eigenvalue weighted by Gasteiger charge is -2.34. The molecule has 0 amide bonds. The summed E-state index contributed by atoms with van der Waals surface area (Å²) in [5.74, 6) is 0. The molecule has 0 radical (unpaired) electrons. The molecule has 0 spiro atoms. The predicted octanol–water partition coefficient (Wildman–Crippen LogP) is 1.10. The third-order valence-corrected chi connectivity index (χ3v) is 5.42. The summed E-state index contributed by atoms with van der Waals surface area (Å²) < 4.78 is 34.2. The molecule has 6 nitrogen and oxygen atoms in total. The maximum Gasteiger partial charge on any atom is 0.279 e. The minimum absolute atomic E-state index is 0.0850. The maximum absolute atomic E-state index is 12.4. The number of nitrogens with zero attached hydrogens (tertiary/aromatic N) is 1. The number of hydrogen-bond donors (Lipinski definition) is 2. The summed E-state index contributed by atoms with van der Waals surface area (Å²) in [7, 11) is -1.70. The van der Waals surface area contributed by atoms with Gasteiger partial charge in [-0.1, -0.05) is 13.3 Å². The molecule has 1 atom stereocenters. The van der Waals surface area contributed by atoms with Crippen molar-refractivity contribution in [1.29, 1.82) is 0 Å². The van der Waals surface area contributed by atoms with Crippen molar-refractivity contribution in [3.8, 4) is 0 Å². The number of ether oxygens (including phenoxy) is 1. The second-order valence-electron chi connectivity index (χ2n) is 5.56. The van der Waals surface area contributed by atoms with Crippen LogP contribution in [0.15, 0.2) is 0 Å². The highest BCUT2D eigenvalue weighted by atomic mass is 32.2. The Labute approximate surface area is 129 Å². The van der Waals surface area contributed by atoms with Crippen LogP contribution in [0.5, 0.6) is 0 Å². The lowest BCUT2D eigenvalue weighted by Crippen LogP contribution is -2.52. The van der Waals surface area contributed by atoms with E-state index in [1.54, 1.807) is 11.4 Å². The molecule has 1 rings (SSSR count). The first kappa shape index (κ1) is 18.8. The second kappa shape index (κ2) is 10.5. The van der Waals surface area contributed by atoms with Gasteiger partial charge in [0.1, 0.15) is 0 Å². The van der Waals surface area contributed by atoms with Crippen LogP contribution in [0, 0.1) is 0 Å². The second-order valence-corrected chi connectivity index (χ2v) is 7.27. The van der Waals surface area contributed by atoms with Crippen LogP contribution in [-0.4, -0.2) is 58.7 Å². The van der Waals surface area contributed by atoms with Crippen LogP contribution in [-0.2, 0) is 14.9 Å². The molecule has 21 heavy (non-hydrogen) atoms. The predicted molar refractivity (Wildman–Crippen MR) is 85.5 cm³/mol. The Morgan fingerprint density at radius 2 is 2.05 bits per heavy atom. The monoisotopic (exact) mass is 321 g/mol. The van der Waals surface area contributed by atoms with Gasteiger partial charge in [-0.05, 0) is 38.6 Å². The van der Waals surface area contributed by atoms with E-state index in [9.17, 15) is 8.42 Å². The molecule has 1 heterocycles. The summed E-state index contributed by atoms with van der Waals surface area (Å²) in [6.45, 7) is 5.59. The Balaban J connectivity index is 2.44. The van der Waals surface area contributed by atoms with Gasteiger partial charge in [0.2, 0.25) is 0 Å². The van der Waals surface area contributed by atoms with Crippen molar-refractivity contribution in [3.05, 3.63) is 0 Å². The molecule has 1 aliphatic heterocycles. The molecule has 1 fully saturated rings. The first-order valence-electron chi connectivity index (χ1n) is 8.08. The summed E-state index contributed by atoms with van der Waals surface area (Å²) in [4.78, 5) is 0. The number of rotatable bonds is 11. The fourth-order valence-electron chi connectivity index (χ4n) is 2.60. The zero-order valence-corrected chi connectivity index (χ0v) is 14.3. The van der Waals surface area contributed by atoms with Gasteiger partial charge in [0.05, 0.1) is 0 Å². The lowest BCUT2D eigenvalue weighted by atomic mass is 10.1. The number of unbranched alkanes of at least 4 members (excludes halogenated alkanes) is 1. The quantitative estimate of drug-likeness (QED) is 0.559. The van der Waals surface area contributed by atoms with E-state index in [0.717, 1.165) is 51.6 Å². The maximum atomic E-state index is 12.4. The van der Waals surface area contributed by atoms with Crippen LogP contribution in [0.4, 0.5) is 0 Å². The molecule has 0 bridgehead atoms. The van der Waals surface area contributed by atoms with Crippen LogP contribution in [0.2, 0.25) is 0 Å². The zero-order valence-electron chi connectivity index (χ0n) is 13.4. The van der Waals surface area contributed by atoms with E-state index < -0.39 is 10.2 Å². The summed E-state index contributed by atoms with van der Waals surface area (Å²) in [6, 6.07) is 0.0850. The van der Waals surface area contributed by atoms with Crippen molar-refractivity contribution in [2.45, 2.75) is 51.5 Å². The van der Waals surface area contributed by atoms with E-state index >= 15 is 0 Å². The number of methoxy groups -OCH3 is 1. The molecule has 126 valence electrons. The van der Waals surface area contributed by atoms with E-state index in [1.807, 2.05) is 0 Å². The molecule has 1 saturated heterocycles. The Morgan fingerprint density at radius 3 is 2.76 bits per heavy atom. The number of hydrogen-bond acceptors (Lipinski definition) is 4. The van der Waals surface area contributed by atoms with Gasteiger partial charge in [-0.3, -0.25) is 0 Å². The first-order chi connectivity index (χ1) is 10.1. The SMILES string of the molecule is CCCNCC1CCCCN1S(=O)(=O)NCCCCOC. The van der Waals surface area contributed by atoms with Gasteiger partial charge in [0.25, 0.3) is 10.2 Å². The van der Waals surface area contributed by atoms with Crippen molar-refractivity contribution in [1.82, 2.24) is 14.3 Å². The Hall–Kier alpha value is -0.210. The minimum atomic E-state index is -3.35.